The number of ether oxygens (including phenoxy) is 1. The van der Waals surface area contributed by atoms with E-state index in [-0.39, 0.29) is 5.97 Å². The highest BCUT2D eigenvalue weighted by Crippen LogP contribution is 2.19. The van der Waals surface area contributed by atoms with Gasteiger partial charge in [-0.05, 0) is 32.6 Å². The number of rotatable bonds is 7. The standard InChI is InChI=1S/C12H19N3O2S/c1-12(13-2,11(16)17-3)5-4-8-18-10-9-14-6-7-15-10/h6-7,9,13H,4-5,8H2,1-3H3. The number of carbonyl (C=O) groups is 1. The van der Waals surface area contributed by atoms with E-state index >= 15 is 0 Å². The number of aromatic nitrogens is 2. The third-order valence-corrected chi connectivity index (χ3v) is 3.80. The molecule has 0 aliphatic heterocycles. The summed E-state index contributed by atoms with van der Waals surface area (Å²) in [4.78, 5) is 19.8. The first-order valence-corrected chi connectivity index (χ1v) is 6.77. The molecule has 1 aromatic heterocycles. The zero-order chi connectivity index (χ0) is 13.4. The van der Waals surface area contributed by atoms with Crippen LogP contribution in [0.3, 0.4) is 0 Å². The van der Waals surface area contributed by atoms with E-state index in [0.29, 0.717) is 0 Å². The highest BCUT2D eigenvalue weighted by atomic mass is 32.2. The Morgan fingerprint density at radius 1 is 1.56 bits per heavy atom. The third-order valence-electron chi connectivity index (χ3n) is 2.80. The van der Waals surface area contributed by atoms with Gasteiger partial charge in [0.25, 0.3) is 0 Å². The number of hydrogen-bond acceptors (Lipinski definition) is 6. The molecule has 18 heavy (non-hydrogen) atoms. The van der Waals surface area contributed by atoms with Crippen molar-refractivity contribution in [2.24, 2.45) is 0 Å². The minimum Gasteiger partial charge on any atom is -0.468 e. The average molecular weight is 269 g/mol. The molecule has 0 radical (unpaired) electrons. The van der Waals surface area contributed by atoms with Crippen molar-refractivity contribution in [1.82, 2.24) is 15.3 Å². The van der Waals surface area contributed by atoms with Gasteiger partial charge in [0, 0.05) is 12.4 Å². The molecule has 6 heteroatoms. The van der Waals surface area contributed by atoms with Gasteiger partial charge in [-0.25, -0.2) is 4.98 Å². The molecule has 0 aliphatic rings. The SMILES string of the molecule is CNC(C)(CCCSc1cnccn1)C(=O)OC. The van der Waals surface area contributed by atoms with Gasteiger partial charge in [0.2, 0.25) is 0 Å². The van der Waals surface area contributed by atoms with Crippen LogP contribution in [0, 0.1) is 0 Å². The molecule has 1 aromatic rings. The molecule has 1 rings (SSSR count). The molecule has 100 valence electrons. The Morgan fingerprint density at radius 3 is 2.89 bits per heavy atom. The lowest BCUT2D eigenvalue weighted by Crippen LogP contribution is -2.48. The maximum absolute atomic E-state index is 11.6. The van der Waals surface area contributed by atoms with Gasteiger partial charge in [0.05, 0.1) is 13.3 Å². The number of nitrogens with one attached hydrogen (secondary N) is 1. The van der Waals surface area contributed by atoms with Gasteiger partial charge in [-0.2, -0.15) is 0 Å². The molecule has 0 aromatic carbocycles. The van der Waals surface area contributed by atoms with Crippen molar-refractivity contribution in [3.63, 3.8) is 0 Å². The molecule has 0 saturated carbocycles. The normalized spacial score (nSPS) is 13.9. The van der Waals surface area contributed by atoms with Gasteiger partial charge < -0.3 is 10.1 Å². The fourth-order valence-electron chi connectivity index (χ4n) is 1.52. The maximum atomic E-state index is 11.6. The molecule has 1 heterocycles. The van der Waals surface area contributed by atoms with Crippen molar-refractivity contribution in [3.8, 4) is 0 Å². The largest absolute Gasteiger partial charge is 0.468 e. The summed E-state index contributed by atoms with van der Waals surface area (Å²) in [7, 11) is 3.18. The van der Waals surface area contributed by atoms with Crippen molar-refractivity contribution in [3.05, 3.63) is 18.6 Å². The van der Waals surface area contributed by atoms with E-state index in [9.17, 15) is 4.79 Å². The van der Waals surface area contributed by atoms with Crippen molar-refractivity contribution >= 4 is 17.7 Å². The van der Waals surface area contributed by atoms with Crippen LogP contribution in [0.4, 0.5) is 0 Å². The molecule has 5 nitrogen and oxygen atoms in total. The van der Waals surface area contributed by atoms with Crippen LogP contribution in [0.2, 0.25) is 0 Å². The first-order chi connectivity index (χ1) is 8.62. The zero-order valence-electron chi connectivity index (χ0n) is 11.0. The summed E-state index contributed by atoms with van der Waals surface area (Å²) in [6.07, 6.45) is 6.69. The minimum atomic E-state index is -0.613. The molecule has 0 bridgehead atoms. The number of thioether (sulfide) groups is 1. The average Bonchev–Trinajstić information content (AvgIpc) is 2.43. The van der Waals surface area contributed by atoms with Crippen molar-refractivity contribution in [2.45, 2.75) is 30.3 Å². The van der Waals surface area contributed by atoms with E-state index in [1.54, 1.807) is 37.4 Å². The van der Waals surface area contributed by atoms with Crippen LogP contribution in [0.5, 0.6) is 0 Å². The third kappa shape index (κ3) is 4.27. The second-order valence-corrected chi connectivity index (χ2v) is 5.18. The number of hydrogen-bond donors (Lipinski definition) is 1. The topological polar surface area (TPSA) is 64.1 Å². The monoisotopic (exact) mass is 269 g/mol. The lowest BCUT2D eigenvalue weighted by Gasteiger charge is -2.25. The summed E-state index contributed by atoms with van der Waals surface area (Å²) < 4.78 is 4.79. The number of methoxy groups -OCH3 is 1. The maximum Gasteiger partial charge on any atom is 0.325 e. The molecule has 0 aliphatic carbocycles. The summed E-state index contributed by atoms with van der Waals surface area (Å²) in [6.45, 7) is 1.85. The number of esters is 1. The van der Waals surface area contributed by atoms with Gasteiger partial charge in [-0.15, -0.1) is 11.8 Å². The zero-order valence-corrected chi connectivity index (χ0v) is 11.8. The second-order valence-electron chi connectivity index (χ2n) is 4.07. The van der Waals surface area contributed by atoms with Crippen LogP contribution in [-0.2, 0) is 9.53 Å². The number of likely N-dealkylation sites (N-methyl/N-ethyl adjacent to an activating group) is 1. The quantitative estimate of drug-likeness (QED) is 0.460. The van der Waals surface area contributed by atoms with E-state index in [0.717, 1.165) is 23.6 Å². The highest BCUT2D eigenvalue weighted by molar-refractivity contribution is 7.99. The molecule has 1 atom stereocenters. The molecule has 0 spiro atoms. The lowest BCUT2D eigenvalue weighted by atomic mass is 9.97. The predicted molar refractivity (Wildman–Crippen MR) is 71.5 cm³/mol. The first kappa shape index (κ1) is 14.9. The molecule has 1 unspecified atom stereocenters. The van der Waals surface area contributed by atoms with Gasteiger partial charge in [-0.1, -0.05) is 0 Å². The predicted octanol–water partition coefficient (Wildman–Crippen LogP) is 1.50. The Labute approximate surface area is 112 Å². The van der Waals surface area contributed by atoms with Crippen LogP contribution in [-0.4, -0.2) is 41.4 Å². The van der Waals surface area contributed by atoms with Gasteiger partial charge in [0.1, 0.15) is 10.6 Å². The van der Waals surface area contributed by atoms with Gasteiger partial charge in [0.15, 0.2) is 0 Å². The molecule has 1 N–H and O–H groups in total. The van der Waals surface area contributed by atoms with Gasteiger partial charge in [-0.3, -0.25) is 9.78 Å². The second kappa shape index (κ2) is 7.33. The Morgan fingerprint density at radius 2 is 2.33 bits per heavy atom. The van der Waals surface area contributed by atoms with E-state index in [2.05, 4.69) is 15.3 Å². The highest BCUT2D eigenvalue weighted by Gasteiger charge is 2.31. The molecule has 0 saturated heterocycles. The van der Waals surface area contributed by atoms with E-state index in [1.165, 1.54) is 7.11 Å². The Hall–Kier alpha value is -1.14. The Balaban J connectivity index is 2.34. The van der Waals surface area contributed by atoms with Crippen LogP contribution in [0.1, 0.15) is 19.8 Å². The Kier molecular flexibility index (Phi) is 6.07. The summed E-state index contributed by atoms with van der Waals surface area (Å²) in [6, 6.07) is 0. The summed E-state index contributed by atoms with van der Waals surface area (Å²) in [5.74, 6) is 0.668. The van der Waals surface area contributed by atoms with Gasteiger partial charge >= 0.3 is 5.97 Å². The van der Waals surface area contributed by atoms with E-state index in [1.807, 2.05) is 6.92 Å². The lowest BCUT2D eigenvalue weighted by molar-refractivity contribution is -0.148. The fraction of sp³-hybridized carbons (Fsp3) is 0.583. The van der Waals surface area contributed by atoms with Crippen molar-refractivity contribution in [2.75, 3.05) is 19.9 Å². The summed E-state index contributed by atoms with van der Waals surface area (Å²) in [5.41, 5.74) is -0.613. The molecular formula is C12H19N3O2S. The number of carbonyl (C=O) groups excluding carboxylic acids is 1. The van der Waals surface area contributed by atoms with Crippen LogP contribution < -0.4 is 5.32 Å². The van der Waals surface area contributed by atoms with Crippen LogP contribution in [0.15, 0.2) is 23.6 Å². The minimum absolute atomic E-state index is 0.227. The van der Waals surface area contributed by atoms with E-state index in [4.69, 9.17) is 4.74 Å². The molecule has 0 fully saturated rings. The van der Waals surface area contributed by atoms with Crippen molar-refractivity contribution < 1.29 is 9.53 Å². The summed E-state index contributed by atoms with van der Waals surface area (Å²) in [5, 5.41) is 3.92. The molecular weight excluding hydrogens is 250 g/mol. The van der Waals surface area contributed by atoms with Crippen molar-refractivity contribution in [1.29, 1.82) is 0 Å². The smallest absolute Gasteiger partial charge is 0.325 e. The van der Waals surface area contributed by atoms with Crippen LogP contribution >= 0.6 is 11.8 Å². The van der Waals surface area contributed by atoms with E-state index < -0.39 is 5.54 Å². The molecule has 0 amide bonds. The first-order valence-electron chi connectivity index (χ1n) is 5.78. The summed E-state index contributed by atoms with van der Waals surface area (Å²) >= 11 is 1.64. The fourth-order valence-corrected chi connectivity index (χ4v) is 2.29. The number of nitrogens with zero attached hydrogens (tertiary/aromatic N) is 2. The Bertz CT molecular complexity index is 375. The van der Waals surface area contributed by atoms with Crippen LogP contribution in [0.25, 0.3) is 0 Å².